The molecule has 2 rings (SSSR count). The second kappa shape index (κ2) is 13.5. The fraction of sp³-hybridized carbons (Fsp3) is 0.621. The molecule has 0 fully saturated rings. The van der Waals surface area contributed by atoms with E-state index in [1.165, 1.54) is 26.2 Å². The van der Waals surface area contributed by atoms with Gasteiger partial charge in [0.05, 0.1) is 0 Å². The number of carbonyl (C=O) groups is 1. The van der Waals surface area contributed by atoms with Gasteiger partial charge in [-0.15, -0.1) is 0 Å². The van der Waals surface area contributed by atoms with Gasteiger partial charge in [0.25, 0.3) is 0 Å². The Balaban J connectivity index is 0.00000265. The molecule has 2 N–H and O–H groups in total. The van der Waals surface area contributed by atoms with Crippen LogP contribution >= 0.6 is 0 Å². The van der Waals surface area contributed by atoms with Crippen LogP contribution in [0.4, 0.5) is 0 Å². The number of carbonyl (C=O) groups excluding carboxylic acids is 1. The Bertz CT molecular complexity index is 796. The van der Waals surface area contributed by atoms with Crippen LogP contribution in [-0.2, 0) is 14.9 Å². The number of phenols is 2. The van der Waals surface area contributed by atoms with Gasteiger partial charge in [-0.1, -0.05) is 78.5 Å². The van der Waals surface area contributed by atoms with Crippen molar-refractivity contribution in [2.45, 2.75) is 105 Å². The van der Waals surface area contributed by atoms with Gasteiger partial charge in [-0.25, -0.2) is 0 Å². The zero-order chi connectivity index (χ0) is 25.2. The molecule has 1 aliphatic carbocycles. The van der Waals surface area contributed by atoms with Gasteiger partial charge in [-0.3, -0.25) is 4.79 Å². The molecule has 1 aromatic rings. The maximum Gasteiger partial charge on any atom is 0.302 e. The largest absolute Gasteiger partial charge is 0.507 e. The first kappa shape index (κ1) is 28.8. The topological polar surface area (TPSA) is 66.8 Å². The van der Waals surface area contributed by atoms with Crippen LogP contribution in [0, 0.1) is 5.92 Å². The molecule has 4 nitrogen and oxygen atoms in total. The molecule has 2 atom stereocenters. The van der Waals surface area contributed by atoms with E-state index in [4.69, 9.17) is 4.74 Å². The molecule has 1 aromatic carbocycles. The Morgan fingerprint density at radius 2 is 1.73 bits per heavy atom. The van der Waals surface area contributed by atoms with Gasteiger partial charge in [0.1, 0.15) is 18.1 Å². The SMILES string of the molecule is C=C(C)C1CCC(COC(C)=O)=C[C@@H]1c1c(O)cc(C(C)(C)CCCCCC)cc1O.CC. The number of ether oxygens (including phenoxy) is 1. The molecule has 0 saturated heterocycles. The normalized spacial score (nSPS) is 18.1. The summed E-state index contributed by atoms with van der Waals surface area (Å²) in [4.78, 5) is 11.2. The van der Waals surface area contributed by atoms with Crippen molar-refractivity contribution in [2.24, 2.45) is 5.92 Å². The van der Waals surface area contributed by atoms with E-state index in [-0.39, 0.29) is 41.3 Å². The van der Waals surface area contributed by atoms with Crippen molar-refractivity contribution in [1.29, 1.82) is 0 Å². The van der Waals surface area contributed by atoms with E-state index in [0.717, 1.165) is 42.4 Å². The number of benzene rings is 1. The summed E-state index contributed by atoms with van der Waals surface area (Å²) >= 11 is 0. The van der Waals surface area contributed by atoms with E-state index < -0.39 is 0 Å². The molecule has 0 saturated carbocycles. The molecule has 0 aliphatic heterocycles. The van der Waals surface area contributed by atoms with E-state index in [1.807, 2.05) is 39.0 Å². The van der Waals surface area contributed by atoms with Gasteiger partial charge in [-0.05, 0) is 60.8 Å². The lowest BCUT2D eigenvalue weighted by molar-refractivity contribution is -0.140. The molecular weight excluding hydrogens is 412 g/mol. The Morgan fingerprint density at radius 3 is 2.24 bits per heavy atom. The first-order valence-corrected chi connectivity index (χ1v) is 12.6. The highest BCUT2D eigenvalue weighted by molar-refractivity contribution is 5.66. The molecule has 0 spiro atoms. The van der Waals surface area contributed by atoms with Crippen LogP contribution < -0.4 is 0 Å². The first-order valence-electron chi connectivity index (χ1n) is 12.6. The standard InChI is InChI=1S/C27H40O4.C2H6/c1-7-8-9-10-13-27(5,6)21-15-24(29)26(25(30)16-21)23-14-20(17-31-19(4)28)11-12-22(23)18(2)3;1-2/h14-16,22-23,29-30H,2,7-13,17H2,1,3-6H3;1-2H3/t22?,23-;/m0./s1. The van der Waals surface area contributed by atoms with Crippen molar-refractivity contribution in [1.82, 2.24) is 0 Å². The van der Waals surface area contributed by atoms with Crippen molar-refractivity contribution in [2.75, 3.05) is 6.61 Å². The van der Waals surface area contributed by atoms with Gasteiger partial charge in [0.15, 0.2) is 0 Å². The highest BCUT2D eigenvalue weighted by Gasteiger charge is 2.32. The van der Waals surface area contributed by atoms with Crippen LogP contribution in [0.15, 0.2) is 35.9 Å². The predicted molar refractivity (Wildman–Crippen MR) is 138 cm³/mol. The van der Waals surface area contributed by atoms with Crippen molar-refractivity contribution < 1.29 is 19.7 Å². The number of unbranched alkanes of at least 4 members (excludes halogenated alkanes) is 3. The molecule has 0 heterocycles. The van der Waals surface area contributed by atoms with Crippen LogP contribution in [0.25, 0.3) is 0 Å². The first-order chi connectivity index (χ1) is 15.6. The molecule has 186 valence electrons. The van der Waals surface area contributed by atoms with Gasteiger partial charge in [0, 0.05) is 18.4 Å². The quantitative estimate of drug-likeness (QED) is 0.212. The summed E-state index contributed by atoms with van der Waals surface area (Å²) in [6, 6.07) is 3.64. The van der Waals surface area contributed by atoms with E-state index >= 15 is 0 Å². The third-order valence-corrected chi connectivity index (χ3v) is 6.63. The Hall–Kier alpha value is -2.23. The maximum absolute atomic E-state index is 11.2. The van der Waals surface area contributed by atoms with Crippen LogP contribution in [0.5, 0.6) is 11.5 Å². The van der Waals surface area contributed by atoms with Crippen LogP contribution in [0.2, 0.25) is 0 Å². The number of hydrogen-bond acceptors (Lipinski definition) is 4. The summed E-state index contributed by atoms with van der Waals surface area (Å²) < 4.78 is 5.19. The highest BCUT2D eigenvalue weighted by Crippen LogP contribution is 2.48. The van der Waals surface area contributed by atoms with Crippen LogP contribution in [-0.4, -0.2) is 22.8 Å². The number of esters is 1. The summed E-state index contributed by atoms with van der Waals surface area (Å²) in [6.45, 7) is 18.3. The fourth-order valence-corrected chi connectivity index (χ4v) is 4.62. The minimum absolute atomic E-state index is 0.116. The molecule has 33 heavy (non-hydrogen) atoms. The zero-order valence-electron chi connectivity index (χ0n) is 22.0. The number of allylic oxidation sites excluding steroid dienone is 2. The van der Waals surface area contributed by atoms with Crippen LogP contribution in [0.1, 0.15) is 110 Å². The molecule has 0 bridgehead atoms. The molecular formula is C29H46O4. The number of hydrogen-bond donors (Lipinski definition) is 2. The smallest absolute Gasteiger partial charge is 0.302 e. The summed E-state index contributed by atoms with van der Waals surface area (Å²) in [5, 5.41) is 22.0. The molecule has 0 radical (unpaired) electrons. The van der Waals surface area contributed by atoms with Crippen molar-refractivity contribution >= 4 is 5.97 Å². The zero-order valence-corrected chi connectivity index (χ0v) is 22.0. The monoisotopic (exact) mass is 458 g/mol. The van der Waals surface area contributed by atoms with Gasteiger partial charge in [-0.2, -0.15) is 0 Å². The molecule has 1 unspecified atom stereocenters. The lowest BCUT2D eigenvalue weighted by atomic mass is 9.72. The average molecular weight is 459 g/mol. The molecule has 1 aliphatic rings. The molecule has 0 aromatic heterocycles. The van der Waals surface area contributed by atoms with E-state index in [2.05, 4.69) is 27.4 Å². The van der Waals surface area contributed by atoms with Crippen LogP contribution in [0.3, 0.4) is 0 Å². The third kappa shape index (κ3) is 8.24. The Kier molecular flexibility index (Phi) is 11.8. The summed E-state index contributed by atoms with van der Waals surface area (Å²) in [5.41, 5.74) is 3.40. The maximum atomic E-state index is 11.2. The average Bonchev–Trinajstić information content (AvgIpc) is 2.76. The number of phenolic OH excluding ortho intramolecular Hbond substituents is 2. The van der Waals surface area contributed by atoms with E-state index in [9.17, 15) is 15.0 Å². The lowest BCUT2D eigenvalue weighted by Gasteiger charge is -2.33. The molecule has 4 heteroatoms. The number of rotatable bonds is 10. The predicted octanol–water partition coefficient (Wildman–Crippen LogP) is 7.93. The summed E-state index contributed by atoms with van der Waals surface area (Å²) in [7, 11) is 0. The van der Waals surface area contributed by atoms with Gasteiger partial charge >= 0.3 is 5.97 Å². The summed E-state index contributed by atoms with van der Waals surface area (Å²) in [5.74, 6) is -0.143. The Morgan fingerprint density at radius 1 is 1.12 bits per heavy atom. The van der Waals surface area contributed by atoms with Gasteiger partial charge < -0.3 is 14.9 Å². The molecule has 0 amide bonds. The lowest BCUT2D eigenvalue weighted by Crippen LogP contribution is -2.21. The fourth-order valence-electron chi connectivity index (χ4n) is 4.62. The second-order valence-corrected chi connectivity index (χ2v) is 9.75. The number of aromatic hydroxyl groups is 2. The highest BCUT2D eigenvalue weighted by atomic mass is 16.5. The Labute approximate surface area is 201 Å². The van der Waals surface area contributed by atoms with Crippen molar-refractivity contribution in [3.63, 3.8) is 0 Å². The van der Waals surface area contributed by atoms with Gasteiger partial charge in [0.2, 0.25) is 0 Å². The minimum atomic E-state index is -0.310. The van der Waals surface area contributed by atoms with Crippen molar-refractivity contribution in [3.05, 3.63) is 47.1 Å². The summed E-state index contributed by atoms with van der Waals surface area (Å²) in [6.07, 6.45) is 9.47. The van der Waals surface area contributed by atoms with E-state index in [1.54, 1.807) is 0 Å². The third-order valence-electron chi connectivity index (χ3n) is 6.63. The van der Waals surface area contributed by atoms with Crippen molar-refractivity contribution in [3.8, 4) is 11.5 Å². The minimum Gasteiger partial charge on any atom is -0.507 e. The van der Waals surface area contributed by atoms with E-state index in [0.29, 0.717) is 5.56 Å². The second-order valence-electron chi connectivity index (χ2n) is 9.75.